The molecule has 0 unspecified atom stereocenters. The molecule has 0 aliphatic heterocycles. The fourth-order valence-electron chi connectivity index (χ4n) is 1.36. The summed E-state index contributed by atoms with van der Waals surface area (Å²) in [6.07, 6.45) is 0. The molecule has 0 saturated heterocycles. The van der Waals surface area contributed by atoms with E-state index in [0.29, 0.717) is 22.7 Å². The maximum absolute atomic E-state index is 11.8. The van der Waals surface area contributed by atoms with Gasteiger partial charge in [-0.05, 0) is 23.6 Å². The fraction of sp³-hybridized carbons (Fsp3) is 0.0833. The molecule has 5 heteroatoms. The Morgan fingerprint density at radius 3 is 2.88 bits per heavy atom. The third kappa shape index (κ3) is 2.57. The smallest absolute Gasteiger partial charge is 0.256 e. The van der Waals surface area contributed by atoms with Crippen LogP contribution in [0, 0.1) is 0 Å². The van der Waals surface area contributed by atoms with Crippen molar-refractivity contribution < 1.29 is 9.53 Å². The molecule has 1 heterocycles. The molecule has 0 radical (unpaired) electrons. The van der Waals surface area contributed by atoms with E-state index < -0.39 is 0 Å². The Balaban J connectivity index is 2.21. The van der Waals surface area contributed by atoms with Crippen LogP contribution in [0.1, 0.15) is 10.4 Å². The average molecular weight is 248 g/mol. The molecule has 1 amide bonds. The van der Waals surface area contributed by atoms with E-state index in [1.54, 1.807) is 36.8 Å². The van der Waals surface area contributed by atoms with Crippen LogP contribution in [0.4, 0.5) is 11.4 Å². The van der Waals surface area contributed by atoms with Crippen molar-refractivity contribution in [2.45, 2.75) is 0 Å². The molecule has 0 atom stereocenters. The first-order valence-electron chi connectivity index (χ1n) is 4.98. The van der Waals surface area contributed by atoms with Crippen molar-refractivity contribution in [1.82, 2.24) is 0 Å². The summed E-state index contributed by atoms with van der Waals surface area (Å²) in [5.74, 6) is 0.478. The number of carbonyl (C=O) groups excluding carboxylic acids is 1. The standard InChI is InChI=1S/C12H12N2O2S/c1-16-9-2-3-10(13)11(6-9)14-12(15)8-4-5-17-7-8/h2-7H,13H2,1H3,(H,14,15). The summed E-state index contributed by atoms with van der Waals surface area (Å²) < 4.78 is 5.08. The highest BCUT2D eigenvalue weighted by Gasteiger charge is 2.09. The Kier molecular flexibility index (Phi) is 3.30. The summed E-state index contributed by atoms with van der Waals surface area (Å²) in [7, 11) is 1.57. The average Bonchev–Trinajstić information content (AvgIpc) is 2.85. The maximum Gasteiger partial charge on any atom is 0.256 e. The zero-order valence-electron chi connectivity index (χ0n) is 9.27. The highest BCUT2D eigenvalue weighted by Crippen LogP contribution is 2.25. The van der Waals surface area contributed by atoms with Gasteiger partial charge in [-0.25, -0.2) is 0 Å². The van der Waals surface area contributed by atoms with E-state index in [2.05, 4.69) is 5.32 Å². The summed E-state index contributed by atoms with van der Waals surface area (Å²) in [5, 5.41) is 6.38. The topological polar surface area (TPSA) is 64.3 Å². The number of nitrogen functional groups attached to an aromatic ring is 1. The second-order valence-electron chi connectivity index (χ2n) is 3.42. The van der Waals surface area contributed by atoms with E-state index in [1.807, 2.05) is 5.38 Å². The molecule has 0 bridgehead atoms. The second-order valence-corrected chi connectivity index (χ2v) is 4.20. The van der Waals surface area contributed by atoms with Gasteiger partial charge in [0.25, 0.3) is 5.91 Å². The Hall–Kier alpha value is -2.01. The first kappa shape index (κ1) is 11.5. The molecule has 0 aliphatic rings. The van der Waals surface area contributed by atoms with Gasteiger partial charge in [0, 0.05) is 11.4 Å². The predicted octanol–water partition coefficient (Wildman–Crippen LogP) is 2.59. The van der Waals surface area contributed by atoms with Gasteiger partial charge in [-0.2, -0.15) is 11.3 Å². The van der Waals surface area contributed by atoms with Crippen molar-refractivity contribution in [3.05, 3.63) is 40.6 Å². The fourth-order valence-corrected chi connectivity index (χ4v) is 1.99. The SMILES string of the molecule is COc1ccc(N)c(NC(=O)c2ccsc2)c1. The van der Waals surface area contributed by atoms with Gasteiger partial charge in [-0.1, -0.05) is 0 Å². The Labute approximate surface area is 103 Å². The molecule has 3 N–H and O–H groups in total. The predicted molar refractivity (Wildman–Crippen MR) is 69.7 cm³/mol. The third-order valence-electron chi connectivity index (χ3n) is 2.29. The molecule has 4 nitrogen and oxygen atoms in total. The number of methoxy groups -OCH3 is 1. The van der Waals surface area contributed by atoms with Crippen LogP contribution >= 0.6 is 11.3 Å². The zero-order valence-corrected chi connectivity index (χ0v) is 10.1. The molecule has 0 spiro atoms. The van der Waals surface area contributed by atoms with E-state index in [-0.39, 0.29) is 5.91 Å². The Bertz CT molecular complexity index is 523. The lowest BCUT2D eigenvalue weighted by atomic mass is 10.2. The molecule has 0 saturated carbocycles. The minimum Gasteiger partial charge on any atom is -0.497 e. The minimum atomic E-state index is -0.175. The van der Waals surface area contributed by atoms with Gasteiger partial charge >= 0.3 is 0 Å². The highest BCUT2D eigenvalue weighted by atomic mass is 32.1. The van der Waals surface area contributed by atoms with Crippen LogP contribution in [0.2, 0.25) is 0 Å². The largest absolute Gasteiger partial charge is 0.497 e. The molecule has 17 heavy (non-hydrogen) atoms. The number of ether oxygens (including phenoxy) is 1. The molecule has 88 valence electrons. The molecule has 2 rings (SSSR count). The second kappa shape index (κ2) is 4.88. The molecule has 1 aromatic heterocycles. The van der Waals surface area contributed by atoms with Crippen LogP contribution in [0.15, 0.2) is 35.0 Å². The van der Waals surface area contributed by atoms with E-state index >= 15 is 0 Å². The lowest BCUT2D eigenvalue weighted by Crippen LogP contribution is -2.12. The number of anilines is 2. The van der Waals surface area contributed by atoms with Crippen molar-refractivity contribution in [3.8, 4) is 5.75 Å². The van der Waals surface area contributed by atoms with E-state index in [0.717, 1.165) is 0 Å². The maximum atomic E-state index is 11.8. The van der Waals surface area contributed by atoms with Crippen LogP contribution < -0.4 is 15.8 Å². The summed E-state index contributed by atoms with van der Waals surface area (Å²) in [6, 6.07) is 6.90. The van der Waals surface area contributed by atoms with Crippen LogP contribution in [-0.2, 0) is 0 Å². The number of nitrogens with one attached hydrogen (secondary N) is 1. The molecule has 2 aromatic rings. The first-order chi connectivity index (χ1) is 8.20. The summed E-state index contributed by atoms with van der Waals surface area (Å²) in [5.41, 5.74) is 7.47. The van der Waals surface area contributed by atoms with Crippen LogP contribution in [0.3, 0.4) is 0 Å². The van der Waals surface area contributed by atoms with Gasteiger partial charge in [-0.15, -0.1) is 0 Å². The normalized spacial score (nSPS) is 9.94. The van der Waals surface area contributed by atoms with Gasteiger partial charge in [0.2, 0.25) is 0 Å². The zero-order chi connectivity index (χ0) is 12.3. The molecular formula is C12H12N2O2S. The molecular weight excluding hydrogens is 236 g/mol. The summed E-state index contributed by atoms with van der Waals surface area (Å²) in [4.78, 5) is 11.8. The number of amides is 1. The summed E-state index contributed by atoms with van der Waals surface area (Å²) >= 11 is 1.47. The van der Waals surface area contributed by atoms with Crippen molar-refractivity contribution in [1.29, 1.82) is 0 Å². The van der Waals surface area contributed by atoms with E-state index in [9.17, 15) is 4.79 Å². The number of thiophene rings is 1. The quantitative estimate of drug-likeness (QED) is 0.820. The minimum absolute atomic E-state index is 0.175. The van der Waals surface area contributed by atoms with E-state index in [4.69, 9.17) is 10.5 Å². The van der Waals surface area contributed by atoms with Gasteiger partial charge in [-0.3, -0.25) is 4.79 Å². The molecule has 0 fully saturated rings. The van der Waals surface area contributed by atoms with Crippen molar-refractivity contribution >= 4 is 28.6 Å². The van der Waals surface area contributed by atoms with Gasteiger partial charge in [0.05, 0.1) is 24.0 Å². The van der Waals surface area contributed by atoms with Crippen LogP contribution in [0.25, 0.3) is 0 Å². The lowest BCUT2D eigenvalue weighted by Gasteiger charge is -2.09. The highest BCUT2D eigenvalue weighted by molar-refractivity contribution is 7.08. The van der Waals surface area contributed by atoms with E-state index in [1.165, 1.54) is 11.3 Å². The monoisotopic (exact) mass is 248 g/mol. The van der Waals surface area contributed by atoms with Crippen LogP contribution in [-0.4, -0.2) is 13.0 Å². The van der Waals surface area contributed by atoms with Crippen molar-refractivity contribution in [2.24, 2.45) is 0 Å². The number of carbonyl (C=O) groups is 1. The molecule has 1 aromatic carbocycles. The molecule has 0 aliphatic carbocycles. The van der Waals surface area contributed by atoms with Gasteiger partial charge < -0.3 is 15.8 Å². The Morgan fingerprint density at radius 2 is 2.24 bits per heavy atom. The van der Waals surface area contributed by atoms with Gasteiger partial charge in [0.15, 0.2) is 0 Å². The first-order valence-corrected chi connectivity index (χ1v) is 5.92. The third-order valence-corrected chi connectivity index (χ3v) is 2.98. The number of nitrogens with two attached hydrogens (primary N) is 1. The van der Waals surface area contributed by atoms with Gasteiger partial charge in [0.1, 0.15) is 5.75 Å². The number of hydrogen-bond acceptors (Lipinski definition) is 4. The number of benzene rings is 1. The summed E-state index contributed by atoms with van der Waals surface area (Å²) in [6.45, 7) is 0. The Morgan fingerprint density at radius 1 is 1.41 bits per heavy atom. The lowest BCUT2D eigenvalue weighted by molar-refractivity contribution is 0.102. The van der Waals surface area contributed by atoms with Crippen molar-refractivity contribution in [3.63, 3.8) is 0 Å². The van der Waals surface area contributed by atoms with Crippen LogP contribution in [0.5, 0.6) is 5.75 Å². The van der Waals surface area contributed by atoms with Crippen molar-refractivity contribution in [2.75, 3.05) is 18.2 Å². The number of hydrogen-bond donors (Lipinski definition) is 2. The number of rotatable bonds is 3.